The third-order valence-corrected chi connectivity index (χ3v) is 4.58. The molecule has 0 aliphatic heterocycles. The summed E-state index contributed by atoms with van der Waals surface area (Å²) in [6.45, 7) is 2.15. The molecule has 1 aromatic carbocycles. The zero-order valence-corrected chi connectivity index (χ0v) is 12.7. The molecule has 21 heavy (non-hydrogen) atoms. The number of hydrogen-bond acceptors (Lipinski definition) is 3. The second-order valence-electron chi connectivity index (χ2n) is 5.96. The monoisotopic (exact) mass is 284 g/mol. The molecule has 0 saturated heterocycles. The van der Waals surface area contributed by atoms with E-state index in [0.29, 0.717) is 11.7 Å². The standard InChI is InChI=1S/C17H24N4/c1-2-12-8-10-13(11-9-12)15-16(18)21(19)17(20-15)14-6-4-3-5-7-14/h8-11,14H,2-7,18-19H2,1H3. The molecule has 1 aromatic heterocycles. The molecule has 1 aliphatic rings. The number of benzene rings is 1. The lowest BCUT2D eigenvalue weighted by molar-refractivity contribution is 0.424. The lowest BCUT2D eigenvalue weighted by Crippen LogP contribution is -2.19. The number of rotatable bonds is 3. The highest BCUT2D eigenvalue weighted by Gasteiger charge is 2.23. The summed E-state index contributed by atoms with van der Waals surface area (Å²) in [4.78, 5) is 4.77. The summed E-state index contributed by atoms with van der Waals surface area (Å²) in [5, 5.41) is 0. The maximum atomic E-state index is 6.19. The van der Waals surface area contributed by atoms with Crippen molar-refractivity contribution in [2.75, 3.05) is 11.6 Å². The molecule has 1 aliphatic carbocycles. The Hall–Kier alpha value is -1.97. The van der Waals surface area contributed by atoms with E-state index < -0.39 is 0 Å². The number of nitrogen functional groups attached to an aromatic ring is 2. The van der Waals surface area contributed by atoms with E-state index in [2.05, 4.69) is 31.2 Å². The predicted octanol–water partition coefficient (Wildman–Crippen LogP) is 3.46. The fraction of sp³-hybridized carbons (Fsp3) is 0.471. The lowest BCUT2D eigenvalue weighted by atomic mass is 9.89. The molecule has 4 heteroatoms. The van der Waals surface area contributed by atoms with Gasteiger partial charge in [-0.3, -0.25) is 0 Å². The summed E-state index contributed by atoms with van der Waals surface area (Å²) in [6, 6.07) is 8.43. The minimum absolute atomic E-state index is 0.453. The molecule has 1 saturated carbocycles. The molecule has 0 bridgehead atoms. The zero-order valence-electron chi connectivity index (χ0n) is 12.7. The fourth-order valence-corrected chi connectivity index (χ4v) is 3.22. The molecule has 1 heterocycles. The Morgan fingerprint density at radius 1 is 1.14 bits per heavy atom. The Balaban J connectivity index is 1.95. The van der Waals surface area contributed by atoms with Crippen molar-refractivity contribution in [1.29, 1.82) is 0 Å². The first-order valence-corrected chi connectivity index (χ1v) is 7.93. The van der Waals surface area contributed by atoms with Gasteiger partial charge in [0, 0.05) is 11.5 Å². The van der Waals surface area contributed by atoms with E-state index in [1.54, 1.807) is 4.68 Å². The molecular formula is C17H24N4. The van der Waals surface area contributed by atoms with Gasteiger partial charge >= 0.3 is 0 Å². The van der Waals surface area contributed by atoms with Crippen LogP contribution in [0.5, 0.6) is 0 Å². The number of aryl methyl sites for hydroxylation is 1. The molecule has 0 atom stereocenters. The van der Waals surface area contributed by atoms with Gasteiger partial charge in [-0.05, 0) is 24.8 Å². The van der Waals surface area contributed by atoms with Crippen molar-refractivity contribution in [2.45, 2.75) is 51.4 Å². The summed E-state index contributed by atoms with van der Waals surface area (Å²) in [5.41, 5.74) is 9.37. The van der Waals surface area contributed by atoms with Crippen molar-refractivity contribution in [2.24, 2.45) is 0 Å². The number of hydrogen-bond donors (Lipinski definition) is 2. The zero-order chi connectivity index (χ0) is 14.8. The van der Waals surface area contributed by atoms with Crippen LogP contribution in [0.1, 0.15) is 56.3 Å². The molecule has 0 spiro atoms. The molecule has 2 aromatic rings. The van der Waals surface area contributed by atoms with Crippen LogP contribution in [0.2, 0.25) is 0 Å². The molecule has 0 amide bonds. The Morgan fingerprint density at radius 2 is 1.81 bits per heavy atom. The first-order valence-electron chi connectivity index (χ1n) is 7.93. The van der Waals surface area contributed by atoms with Crippen LogP contribution in [-0.2, 0) is 6.42 Å². The molecular weight excluding hydrogens is 260 g/mol. The molecule has 1 fully saturated rings. The van der Waals surface area contributed by atoms with Crippen LogP contribution < -0.4 is 11.6 Å². The molecule has 0 radical (unpaired) electrons. The summed E-state index contributed by atoms with van der Waals surface area (Å²) in [7, 11) is 0. The van der Waals surface area contributed by atoms with E-state index in [4.69, 9.17) is 16.6 Å². The average Bonchev–Trinajstić information content (AvgIpc) is 2.84. The van der Waals surface area contributed by atoms with Gasteiger partial charge in [-0.15, -0.1) is 0 Å². The highest BCUT2D eigenvalue weighted by atomic mass is 15.4. The summed E-state index contributed by atoms with van der Waals surface area (Å²) in [6.07, 6.45) is 7.22. The molecule has 4 nitrogen and oxygen atoms in total. The molecule has 3 rings (SSSR count). The SMILES string of the molecule is CCc1ccc(-c2nc(C3CCCCC3)n(N)c2N)cc1. The molecule has 4 N–H and O–H groups in total. The third kappa shape index (κ3) is 2.62. The second-order valence-corrected chi connectivity index (χ2v) is 5.96. The van der Waals surface area contributed by atoms with Crippen molar-refractivity contribution in [3.63, 3.8) is 0 Å². The summed E-state index contributed by atoms with van der Waals surface area (Å²) in [5.74, 6) is 8.13. The largest absolute Gasteiger partial charge is 0.382 e. The second kappa shape index (κ2) is 5.80. The first-order chi connectivity index (χ1) is 10.2. The van der Waals surface area contributed by atoms with Crippen LogP contribution in [0.15, 0.2) is 24.3 Å². The van der Waals surface area contributed by atoms with Gasteiger partial charge in [-0.2, -0.15) is 0 Å². The predicted molar refractivity (Wildman–Crippen MR) is 87.4 cm³/mol. The maximum Gasteiger partial charge on any atom is 0.150 e. The number of aromatic nitrogens is 2. The number of nitrogens with zero attached hydrogens (tertiary/aromatic N) is 2. The van der Waals surface area contributed by atoms with Crippen molar-refractivity contribution in [3.8, 4) is 11.3 Å². The van der Waals surface area contributed by atoms with Gasteiger partial charge in [0.25, 0.3) is 0 Å². The van der Waals surface area contributed by atoms with Crippen LogP contribution in [0.3, 0.4) is 0 Å². The number of anilines is 1. The first kappa shape index (κ1) is 14.0. The van der Waals surface area contributed by atoms with Gasteiger partial charge in [0.15, 0.2) is 5.82 Å². The highest BCUT2D eigenvalue weighted by molar-refractivity contribution is 5.71. The Morgan fingerprint density at radius 3 is 2.43 bits per heavy atom. The van der Waals surface area contributed by atoms with E-state index >= 15 is 0 Å². The third-order valence-electron chi connectivity index (χ3n) is 4.58. The van der Waals surface area contributed by atoms with Crippen molar-refractivity contribution < 1.29 is 0 Å². The van der Waals surface area contributed by atoms with Crippen LogP contribution in [0.25, 0.3) is 11.3 Å². The van der Waals surface area contributed by atoms with E-state index in [9.17, 15) is 0 Å². The smallest absolute Gasteiger partial charge is 0.150 e. The average molecular weight is 284 g/mol. The topological polar surface area (TPSA) is 69.9 Å². The van der Waals surface area contributed by atoms with Gasteiger partial charge in [-0.1, -0.05) is 50.5 Å². The van der Waals surface area contributed by atoms with E-state index in [1.165, 1.54) is 37.7 Å². The van der Waals surface area contributed by atoms with Gasteiger partial charge in [0.05, 0.1) is 0 Å². The minimum Gasteiger partial charge on any atom is -0.382 e. The van der Waals surface area contributed by atoms with Crippen molar-refractivity contribution in [3.05, 3.63) is 35.7 Å². The van der Waals surface area contributed by atoms with Gasteiger partial charge in [0.2, 0.25) is 0 Å². The van der Waals surface area contributed by atoms with Crippen LogP contribution in [0, 0.1) is 0 Å². The minimum atomic E-state index is 0.453. The highest BCUT2D eigenvalue weighted by Crippen LogP contribution is 2.35. The quantitative estimate of drug-likeness (QED) is 0.848. The molecule has 0 unspecified atom stereocenters. The van der Waals surface area contributed by atoms with E-state index in [-0.39, 0.29) is 0 Å². The summed E-state index contributed by atoms with van der Waals surface area (Å²) < 4.78 is 1.60. The Kier molecular flexibility index (Phi) is 3.86. The van der Waals surface area contributed by atoms with Gasteiger partial charge in [0.1, 0.15) is 11.5 Å². The van der Waals surface area contributed by atoms with Crippen LogP contribution in [0.4, 0.5) is 5.82 Å². The Bertz CT molecular complexity index is 606. The van der Waals surface area contributed by atoms with Crippen molar-refractivity contribution >= 4 is 5.82 Å². The molecule has 112 valence electrons. The van der Waals surface area contributed by atoms with Crippen molar-refractivity contribution in [1.82, 2.24) is 9.66 Å². The lowest BCUT2D eigenvalue weighted by Gasteiger charge is -2.20. The number of nitrogens with two attached hydrogens (primary N) is 2. The Labute approximate surface area is 126 Å². The maximum absolute atomic E-state index is 6.19. The fourth-order valence-electron chi connectivity index (χ4n) is 3.22. The van der Waals surface area contributed by atoms with Crippen LogP contribution >= 0.6 is 0 Å². The van der Waals surface area contributed by atoms with E-state index in [0.717, 1.165) is 23.5 Å². The van der Waals surface area contributed by atoms with E-state index in [1.807, 2.05) is 0 Å². The number of imidazole rings is 1. The van der Waals surface area contributed by atoms with Crippen LogP contribution in [-0.4, -0.2) is 9.66 Å². The van der Waals surface area contributed by atoms with Gasteiger partial charge in [-0.25, -0.2) is 9.66 Å². The van der Waals surface area contributed by atoms with Gasteiger partial charge < -0.3 is 11.6 Å². The normalized spacial score (nSPS) is 16.2. The summed E-state index contributed by atoms with van der Waals surface area (Å²) >= 11 is 0.